The second-order valence-electron chi connectivity index (χ2n) is 8.67. The third-order valence-electron chi connectivity index (χ3n) is 5.76. The summed E-state index contributed by atoms with van der Waals surface area (Å²) in [7, 11) is -4.36. The van der Waals surface area contributed by atoms with Crippen molar-refractivity contribution in [2.75, 3.05) is 26.7 Å². The molecule has 2 aromatic carbocycles. The SMILES string of the molecule is CON=C(C)Cc1c(S(C)(=O)=O)ccc(C(=O)c2ccc(S(C)(=O)=O)c(CC(C)=NOC)c2C)c1C. The molecule has 0 bridgehead atoms. The van der Waals surface area contributed by atoms with E-state index in [2.05, 4.69) is 10.3 Å². The Hall–Kier alpha value is -3.05. The lowest BCUT2D eigenvalue weighted by Crippen LogP contribution is -2.16. The highest BCUT2D eigenvalue weighted by Crippen LogP contribution is 2.29. The minimum Gasteiger partial charge on any atom is -0.399 e. The van der Waals surface area contributed by atoms with Crippen LogP contribution in [0.5, 0.6) is 0 Å². The van der Waals surface area contributed by atoms with Crippen molar-refractivity contribution in [1.29, 1.82) is 0 Å². The van der Waals surface area contributed by atoms with Crippen molar-refractivity contribution in [2.45, 2.75) is 50.3 Å². The van der Waals surface area contributed by atoms with E-state index in [0.29, 0.717) is 44.8 Å². The van der Waals surface area contributed by atoms with Gasteiger partial charge in [-0.2, -0.15) is 0 Å². The standard InChI is InChI=1S/C25H32N2O7S2/c1-15(26-33-5)13-21-17(3)19(9-11-23(21)35(7,29)30)25(28)20-10-12-24(36(8,31)32)22(18(20)4)14-16(2)27-34-6/h9-12H,13-14H2,1-8H3. The zero-order valence-corrected chi connectivity index (χ0v) is 23.4. The minimum atomic E-state index is -3.58. The van der Waals surface area contributed by atoms with Crippen molar-refractivity contribution in [2.24, 2.45) is 10.3 Å². The molecule has 9 nitrogen and oxygen atoms in total. The van der Waals surface area contributed by atoms with E-state index < -0.39 is 19.7 Å². The number of carbonyl (C=O) groups is 1. The van der Waals surface area contributed by atoms with Gasteiger partial charge in [0.25, 0.3) is 0 Å². The first-order valence-electron chi connectivity index (χ1n) is 11.0. The third-order valence-corrected chi connectivity index (χ3v) is 8.12. The van der Waals surface area contributed by atoms with E-state index in [1.54, 1.807) is 27.7 Å². The van der Waals surface area contributed by atoms with Crippen LogP contribution in [0.1, 0.15) is 52.0 Å². The lowest BCUT2D eigenvalue weighted by atomic mass is 9.89. The highest BCUT2D eigenvalue weighted by molar-refractivity contribution is 7.91. The maximum absolute atomic E-state index is 13.7. The summed E-state index contributed by atoms with van der Waals surface area (Å²) in [6, 6.07) is 5.81. The molecule has 0 saturated carbocycles. The Morgan fingerprint density at radius 2 is 1.06 bits per heavy atom. The summed E-state index contributed by atoms with van der Waals surface area (Å²) in [5.41, 5.74) is 3.61. The second kappa shape index (κ2) is 11.3. The molecule has 0 spiro atoms. The highest BCUT2D eigenvalue weighted by atomic mass is 32.2. The molecule has 0 aliphatic carbocycles. The van der Waals surface area contributed by atoms with Crippen molar-refractivity contribution >= 4 is 36.9 Å². The monoisotopic (exact) mass is 536 g/mol. The van der Waals surface area contributed by atoms with Crippen LogP contribution < -0.4 is 0 Å². The van der Waals surface area contributed by atoms with E-state index in [9.17, 15) is 21.6 Å². The van der Waals surface area contributed by atoms with Gasteiger partial charge < -0.3 is 9.68 Å². The van der Waals surface area contributed by atoms with Gasteiger partial charge in [-0.3, -0.25) is 4.79 Å². The first-order chi connectivity index (χ1) is 16.6. The van der Waals surface area contributed by atoms with Crippen LogP contribution in [-0.2, 0) is 42.2 Å². The fourth-order valence-corrected chi connectivity index (χ4v) is 6.10. The van der Waals surface area contributed by atoms with E-state index in [-0.39, 0.29) is 28.4 Å². The molecule has 0 aliphatic heterocycles. The van der Waals surface area contributed by atoms with E-state index >= 15 is 0 Å². The van der Waals surface area contributed by atoms with Crippen molar-refractivity contribution in [1.82, 2.24) is 0 Å². The lowest BCUT2D eigenvalue weighted by Gasteiger charge is -2.18. The third kappa shape index (κ3) is 6.58. The molecule has 0 amide bonds. The molecule has 0 unspecified atom stereocenters. The van der Waals surface area contributed by atoms with Crippen molar-refractivity contribution in [3.8, 4) is 0 Å². The Kier molecular flexibility index (Phi) is 9.19. The molecule has 2 aromatic rings. The van der Waals surface area contributed by atoms with Crippen LogP contribution >= 0.6 is 0 Å². The molecule has 0 aromatic heterocycles. The predicted octanol–water partition coefficient (Wildman–Crippen LogP) is 3.47. The molecular weight excluding hydrogens is 504 g/mol. The maximum atomic E-state index is 13.7. The van der Waals surface area contributed by atoms with E-state index in [0.717, 1.165) is 12.5 Å². The molecule has 0 saturated heterocycles. The second-order valence-corrected chi connectivity index (χ2v) is 12.6. The average Bonchev–Trinajstić information content (AvgIpc) is 2.74. The van der Waals surface area contributed by atoms with Crippen LogP contribution in [-0.4, -0.2) is 60.8 Å². The van der Waals surface area contributed by atoms with E-state index in [1.165, 1.54) is 38.5 Å². The normalized spacial score (nSPS) is 13.0. The number of carbonyl (C=O) groups excluding carboxylic acids is 1. The fraction of sp³-hybridized carbons (Fsp3) is 0.400. The fourth-order valence-electron chi connectivity index (χ4n) is 4.12. The van der Waals surface area contributed by atoms with Gasteiger partial charge in [-0.15, -0.1) is 0 Å². The number of sulfone groups is 2. The summed E-state index contributed by atoms with van der Waals surface area (Å²) >= 11 is 0. The Bertz CT molecular complexity index is 1350. The van der Waals surface area contributed by atoms with E-state index in [1.807, 2.05) is 0 Å². The Morgan fingerprint density at radius 1 is 0.722 bits per heavy atom. The van der Waals surface area contributed by atoms with Gasteiger partial charge in [0, 0.05) is 36.5 Å². The molecule has 11 heteroatoms. The molecule has 36 heavy (non-hydrogen) atoms. The van der Waals surface area contributed by atoms with Crippen LogP contribution in [0.2, 0.25) is 0 Å². The largest absolute Gasteiger partial charge is 0.399 e. The number of oxime groups is 2. The summed E-state index contributed by atoms with van der Waals surface area (Å²) in [5.74, 6) is -0.352. The number of ketones is 1. The number of rotatable bonds is 10. The minimum absolute atomic E-state index is 0.110. The van der Waals surface area contributed by atoms with Gasteiger partial charge in [0.1, 0.15) is 14.2 Å². The Morgan fingerprint density at radius 3 is 1.33 bits per heavy atom. The average molecular weight is 537 g/mol. The van der Waals surface area contributed by atoms with Crippen LogP contribution in [0, 0.1) is 13.8 Å². The molecular formula is C25H32N2O7S2. The quantitative estimate of drug-likeness (QED) is 0.258. The molecule has 0 atom stereocenters. The van der Waals surface area contributed by atoms with Crippen LogP contribution in [0.4, 0.5) is 0 Å². The lowest BCUT2D eigenvalue weighted by molar-refractivity contribution is 0.103. The maximum Gasteiger partial charge on any atom is 0.193 e. The summed E-state index contributed by atoms with van der Waals surface area (Å²) in [6.07, 6.45) is 2.57. The smallest absolute Gasteiger partial charge is 0.193 e. The van der Waals surface area contributed by atoms with Gasteiger partial charge in [-0.05, 0) is 74.2 Å². The first-order valence-corrected chi connectivity index (χ1v) is 14.7. The number of benzene rings is 2. The molecule has 0 N–H and O–H groups in total. The summed E-state index contributed by atoms with van der Waals surface area (Å²) in [5, 5.41) is 7.75. The highest BCUT2D eigenvalue weighted by Gasteiger charge is 2.25. The number of hydrogen-bond acceptors (Lipinski definition) is 9. The van der Waals surface area contributed by atoms with Gasteiger partial charge in [0.2, 0.25) is 0 Å². The number of nitrogens with zero attached hydrogens (tertiary/aromatic N) is 2. The van der Waals surface area contributed by atoms with Crippen LogP contribution in [0.3, 0.4) is 0 Å². The predicted molar refractivity (Wildman–Crippen MR) is 140 cm³/mol. The molecule has 0 fully saturated rings. The van der Waals surface area contributed by atoms with Gasteiger partial charge >= 0.3 is 0 Å². The van der Waals surface area contributed by atoms with Crippen molar-refractivity contribution in [3.63, 3.8) is 0 Å². The van der Waals surface area contributed by atoms with Crippen molar-refractivity contribution in [3.05, 3.63) is 57.6 Å². The van der Waals surface area contributed by atoms with Gasteiger partial charge in [-0.25, -0.2) is 16.8 Å². The molecule has 0 aliphatic rings. The topological polar surface area (TPSA) is 129 Å². The molecule has 2 rings (SSSR count). The molecule has 0 heterocycles. The van der Waals surface area contributed by atoms with Gasteiger partial charge in [0.15, 0.2) is 25.5 Å². The van der Waals surface area contributed by atoms with Crippen LogP contribution in [0.25, 0.3) is 0 Å². The Labute approximate surface area is 213 Å². The van der Waals surface area contributed by atoms with E-state index in [4.69, 9.17) is 9.68 Å². The zero-order chi connectivity index (χ0) is 27.4. The Balaban J connectivity index is 2.77. The summed E-state index contributed by atoms with van der Waals surface area (Å²) in [4.78, 5) is 23.6. The van der Waals surface area contributed by atoms with Crippen molar-refractivity contribution < 1.29 is 31.3 Å². The van der Waals surface area contributed by atoms with Crippen LogP contribution in [0.15, 0.2) is 44.4 Å². The first kappa shape index (κ1) is 29.2. The van der Waals surface area contributed by atoms with Gasteiger partial charge in [-0.1, -0.05) is 10.3 Å². The zero-order valence-electron chi connectivity index (χ0n) is 21.8. The molecule has 0 radical (unpaired) electrons. The molecule has 196 valence electrons. The van der Waals surface area contributed by atoms with Gasteiger partial charge in [0.05, 0.1) is 21.2 Å². The summed E-state index contributed by atoms with van der Waals surface area (Å²) in [6.45, 7) is 6.78. The summed E-state index contributed by atoms with van der Waals surface area (Å²) < 4.78 is 49.8. The number of hydrogen-bond donors (Lipinski definition) is 0.